The fourth-order valence-corrected chi connectivity index (χ4v) is 1.85. The molecule has 0 saturated heterocycles. The van der Waals surface area contributed by atoms with Gasteiger partial charge in [0.2, 0.25) is 5.91 Å². The third-order valence-electron chi connectivity index (χ3n) is 2.94. The molecule has 128 valence electrons. The van der Waals surface area contributed by atoms with E-state index in [1.165, 1.54) is 7.11 Å². The van der Waals surface area contributed by atoms with Crippen molar-refractivity contribution < 1.29 is 29.3 Å². The second kappa shape index (κ2) is 10.5. The minimum Gasteiger partial charge on any atom is -0.495 e. The van der Waals surface area contributed by atoms with E-state index in [2.05, 4.69) is 10.6 Å². The summed E-state index contributed by atoms with van der Waals surface area (Å²) < 4.78 is 10.1. The van der Waals surface area contributed by atoms with Gasteiger partial charge >= 0.3 is 5.97 Å². The van der Waals surface area contributed by atoms with Crippen LogP contribution in [-0.4, -0.2) is 61.6 Å². The Balaban J connectivity index is 2.49. The van der Waals surface area contributed by atoms with Gasteiger partial charge in [-0.2, -0.15) is 0 Å². The van der Waals surface area contributed by atoms with Gasteiger partial charge in [0.15, 0.2) is 0 Å². The third kappa shape index (κ3) is 7.09. The van der Waals surface area contributed by atoms with E-state index in [-0.39, 0.29) is 32.8 Å². The zero-order chi connectivity index (χ0) is 17.1. The molecular formula is C15H22N2O6. The molecule has 8 heteroatoms. The number of aliphatic hydroxyl groups excluding tert-OH is 1. The molecular weight excluding hydrogens is 304 g/mol. The number of hydrogen-bond donors (Lipinski definition) is 4. The highest BCUT2D eigenvalue weighted by molar-refractivity contribution is 5.95. The van der Waals surface area contributed by atoms with Gasteiger partial charge in [-0.3, -0.25) is 9.59 Å². The largest absolute Gasteiger partial charge is 0.495 e. The summed E-state index contributed by atoms with van der Waals surface area (Å²) in [6.07, 6.45) is -0.229. The molecule has 0 aliphatic heterocycles. The van der Waals surface area contributed by atoms with E-state index < -0.39 is 17.9 Å². The van der Waals surface area contributed by atoms with Crippen molar-refractivity contribution in [2.45, 2.75) is 12.5 Å². The minimum absolute atomic E-state index is 0.0936. The van der Waals surface area contributed by atoms with Crippen LogP contribution in [0.25, 0.3) is 0 Å². The number of carbonyl (C=O) groups excluding carboxylic acids is 1. The summed E-state index contributed by atoms with van der Waals surface area (Å²) in [5, 5.41) is 23.1. The topological polar surface area (TPSA) is 117 Å². The van der Waals surface area contributed by atoms with Gasteiger partial charge < -0.3 is 30.3 Å². The SMILES string of the molecule is COc1ccccc1NC(=O)C[C@H](NCCOCCO)C(=O)O. The lowest BCUT2D eigenvalue weighted by Crippen LogP contribution is -2.41. The molecule has 0 heterocycles. The Bertz CT molecular complexity index is 508. The molecule has 0 unspecified atom stereocenters. The number of anilines is 1. The molecule has 0 radical (unpaired) electrons. The van der Waals surface area contributed by atoms with E-state index in [0.717, 1.165) is 0 Å². The van der Waals surface area contributed by atoms with Crippen LogP contribution in [0.3, 0.4) is 0 Å². The van der Waals surface area contributed by atoms with E-state index >= 15 is 0 Å². The maximum atomic E-state index is 12.0. The number of carboxylic acids is 1. The number of aliphatic hydroxyl groups is 1. The summed E-state index contributed by atoms with van der Waals surface area (Å²) >= 11 is 0. The zero-order valence-corrected chi connectivity index (χ0v) is 12.9. The van der Waals surface area contributed by atoms with Crippen molar-refractivity contribution in [3.63, 3.8) is 0 Å². The Kier molecular flexibility index (Phi) is 8.66. The predicted octanol–water partition coefficient (Wildman–Crippen LogP) is 0.0755. The Hall–Kier alpha value is -2.16. The number of carboxylic acid groups (broad SMARTS) is 1. The minimum atomic E-state index is -1.12. The Morgan fingerprint density at radius 3 is 2.65 bits per heavy atom. The molecule has 0 saturated carbocycles. The molecule has 1 aromatic rings. The molecule has 0 aromatic heterocycles. The lowest BCUT2D eigenvalue weighted by molar-refractivity contribution is -0.141. The summed E-state index contributed by atoms with van der Waals surface area (Å²) in [6.45, 7) is 0.606. The van der Waals surface area contributed by atoms with Gasteiger partial charge in [0, 0.05) is 6.54 Å². The number of ether oxygens (including phenoxy) is 2. The van der Waals surface area contributed by atoms with Crippen LogP contribution in [0.15, 0.2) is 24.3 Å². The van der Waals surface area contributed by atoms with Crippen LogP contribution in [0.1, 0.15) is 6.42 Å². The van der Waals surface area contributed by atoms with Crippen LogP contribution >= 0.6 is 0 Å². The van der Waals surface area contributed by atoms with Crippen molar-refractivity contribution in [2.75, 3.05) is 38.8 Å². The van der Waals surface area contributed by atoms with E-state index in [1.54, 1.807) is 24.3 Å². The summed E-state index contributed by atoms with van der Waals surface area (Å²) in [7, 11) is 1.49. The first-order chi connectivity index (χ1) is 11.1. The van der Waals surface area contributed by atoms with E-state index in [4.69, 9.17) is 19.7 Å². The highest BCUT2D eigenvalue weighted by Gasteiger charge is 2.21. The van der Waals surface area contributed by atoms with Crippen molar-refractivity contribution in [3.8, 4) is 5.75 Å². The number of para-hydroxylation sites is 2. The average molecular weight is 326 g/mol. The first kappa shape index (κ1) is 18.9. The van der Waals surface area contributed by atoms with Gasteiger partial charge in [-0.15, -0.1) is 0 Å². The van der Waals surface area contributed by atoms with Crippen LogP contribution in [-0.2, 0) is 14.3 Å². The van der Waals surface area contributed by atoms with Gasteiger partial charge in [-0.05, 0) is 12.1 Å². The van der Waals surface area contributed by atoms with Crippen molar-refractivity contribution >= 4 is 17.6 Å². The smallest absolute Gasteiger partial charge is 0.321 e. The van der Waals surface area contributed by atoms with E-state index in [1.807, 2.05) is 0 Å². The summed E-state index contributed by atoms with van der Waals surface area (Å²) in [5.74, 6) is -1.06. The number of carbonyl (C=O) groups is 2. The fourth-order valence-electron chi connectivity index (χ4n) is 1.85. The number of aliphatic carboxylic acids is 1. The van der Waals surface area contributed by atoms with Crippen LogP contribution in [0.5, 0.6) is 5.75 Å². The quantitative estimate of drug-likeness (QED) is 0.425. The van der Waals surface area contributed by atoms with Gasteiger partial charge in [0.25, 0.3) is 0 Å². The fraction of sp³-hybridized carbons (Fsp3) is 0.467. The Labute approximate surface area is 134 Å². The molecule has 1 atom stereocenters. The number of benzene rings is 1. The molecule has 0 fully saturated rings. The summed E-state index contributed by atoms with van der Waals surface area (Å²) in [4.78, 5) is 23.2. The van der Waals surface area contributed by atoms with Crippen LogP contribution in [0.4, 0.5) is 5.69 Å². The molecule has 4 N–H and O–H groups in total. The number of rotatable bonds is 11. The number of methoxy groups -OCH3 is 1. The molecule has 1 amide bonds. The van der Waals surface area contributed by atoms with Crippen LogP contribution < -0.4 is 15.4 Å². The number of amides is 1. The molecule has 23 heavy (non-hydrogen) atoms. The normalized spacial score (nSPS) is 11.7. The van der Waals surface area contributed by atoms with Gasteiger partial charge in [0.1, 0.15) is 11.8 Å². The Morgan fingerprint density at radius 2 is 2.00 bits per heavy atom. The molecule has 8 nitrogen and oxygen atoms in total. The van der Waals surface area contributed by atoms with Crippen molar-refractivity contribution in [3.05, 3.63) is 24.3 Å². The van der Waals surface area contributed by atoms with E-state index in [9.17, 15) is 9.59 Å². The van der Waals surface area contributed by atoms with Gasteiger partial charge in [-0.1, -0.05) is 12.1 Å². The second-order valence-electron chi connectivity index (χ2n) is 4.63. The van der Waals surface area contributed by atoms with E-state index in [0.29, 0.717) is 11.4 Å². The lowest BCUT2D eigenvalue weighted by Gasteiger charge is -2.15. The molecule has 0 spiro atoms. The highest BCUT2D eigenvalue weighted by atomic mass is 16.5. The summed E-state index contributed by atoms with van der Waals surface area (Å²) in [6, 6.07) is 5.85. The lowest BCUT2D eigenvalue weighted by atomic mass is 10.2. The predicted molar refractivity (Wildman–Crippen MR) is 83.6 cm³/mol. The first-order valence-corrected chi connectivity index (χ1v) is 7.16. The van der Waals surface area contributed by atoms with Gasteiger partial charge in [-0.25, -0.2) is 0 Å². The molecule has 0 aliphatic rings. The molecule has 1 aromatic carbocycles. The average Bonchev–Trinajstić information content (AvgIpc) is 2.53. The van der Waals surface area contributed by atoms with Crippen molar-refractivity contribution in [1.29, 1.82) is 0 Å². The first-order valence-electron chi connectivity index (χ1n) is 7.16. The Morgan fingerprint density at radius 1 is 1.26 bits per heavy atom. The zero-order valence-electron chi connectivity index (χ0n) is 12.9. The maximum Gasteiger partial charge on any atom is 0.321 e. The highest BCUT2D eigenvalue weighted by Crippen LogP contribution is 2.23. The number of nitrogens with one attached hydrogen (secondary N) is 2. The molecule has 0 aliphatic carbocycles. The van der Waals surface area contributed by atoms with Crippen molar-refractivity contribution in [1.82, 2.24) is 5.32 Å². The monoisotopic (exact) mass is 326 g/mol. The second-order valence-corrected chi connectivity index (χ2v) is 4.63. The van der Waals surface area contributed by atoms with Crippen molar-refractivity contribution in [2.24, 2.45) is 0 Å². The number of hydrogen-bond acceptors (Lipinski definition) is 6. The van der Waals surface area contributed by atoms with Crippen LogP contribution in [0, 0.1) is 0 Å². The van der Waals surface area contributed by atoms with Crippen LogP contribution in [0.2, 0.25) is 0 Å². The molecule has 1 rings (SSSR count). The summed E-state index contributed by atoms with van der Waals surface area (Å²) in [5.41, 5.74) is 0.482. The maximum absolute atomic E-state index is 12.0. The standard InChI is InChI=1S/C15H22N2O6/c1-22-13-5-3-2-4-11(13)17-14(19)10-12(15(20)21)16-6-8-23-9-7-18/h2-5,12,16,18H,6-10H2,1H3,(H,17,19)(H,20,21)/t12-/m0/s1. The third-order valence-corrected chi connectivity index (χ3v) is 2.94. The molecule has 0 bridgehead atoms. The van der Waals surface area contributed by atoms with Gasteiger partial charge in [0.05, 0.1) is 39.0 Å².